The smallest absolute Gasteiger partial charge is 0.311 e. The molecule has 5 nitrogen and oxygen atoms in total. The van der Waals surface area contributed by atoms with Crippen LogP contribution in [0.15, 0.2) is 77.4 Å². The summed E-state index contributed by atoms with van der Waals surface area (Å²) in [7, 11) is 0. The Morgan fingerprint density at radius 3 is 2.57 bits per heavy atom. The van der Waals surface area contributed by atoms with Crippen molar-refractivity contribution < 1.29 is 18.7 Å². The van der Waals surface area contributed by atoms with Gasteiger partial charge in [-0.1, -0.05) is 60.7 Å². The van der Waals surface area contributed by atoms with E-state index in [2.05, 4.69) is 5.32 Å². The Labute approximate surface area is 173 Å². The first-order valence-corrected chi connectivity index (χ1v) is 10.1. The van der Waals surface area contributed by atoms with Crippen LogP contribution in [0, 0.1) is 0 Å². The number of esters is 1. The molecular formula is C25H21NO4. The van der Waals surface area contributed by atoms with Gasteiger partial charge in [-0.3, -0.25) is 9.59 Å². The number of hydrogen-bond acceptors (Lipinski definition) is 4. The highest BCUT2D eigenvalue weighted by Gasteiger charge is 2.31. The fourth-order valence-corrected chi connectivity index (χ4v) is 3.74. The summed E-state index contributed by atoms with van der Waals surface area (Å²) in [5.41, 5.74) is 2.13. The lowest BCUT2D eigenvalue weighted by molar-refractivity contribution is -0.155. The van der Waals surface area contributed by atoms with Crippen molar-refractivity contribution in [2.75, 3.05) is 0 Å². The minimum Gasteiger partial charge on any atom is -0.464 e. The van der Waals surface area contributed by atoms with Crippen LogP contribution in [0.1, 0.15) is 30.1 Å². The average Bonchev–Trinajstić information content (AvgIpc) is 3.50. The van der Waals surface area contributed by atoms with Crippen molar-refractivity contribution in [3.63, 3.8) is 0 Å². The number of hydrogen-bond donors (Lipinski definition) is 1. The third-order valence-corrected chi connectivity index (χ3v) is 5.39. The van der Waals surface area contributed by atoms with E-state index in [-0.39, 0.29) is 18.4 Å². The number of ether oxygens (including phenoxy) is 1. The van der Waals surface area contributed by atoms with E-state index in [0.717, 1.165) is 40.1 Å². The molecule has 1 aliphatic carbocycles. The molecule has 0 spiro atoms. The third kappa shape index (κ3) is 3.66. The van der Waals surface area contributed by atoms with E-state index in [9.17, 15) is 9.59 Å². The highest BCUT2D eigenvalue weighted by Crippen LogP contribution is 2.31. The summed E-state index contributed by atoms with van der Waals surface area (Å²) in [6.45, 7) is 0. The van der Waals surface area contributed by atoms with Gasteiger partial charge in [0.05, 0.1) is 12.7 Å². The van der Waals surface area contributed by atoms with Crippen molar-refractivity contribution in [3.8, 4) is 0 Å². The number of furan rings is 1. The number of rotatable bonds is 6. The van der Waals surface area contributed by atoms with Crippen LogP contribution >= 0.6 is 0 Å². The van der Waals surface area contributed by atoms with Gasteiger partial charge in [-0.05, 0) is 29.7 Å². The van der Waals surface area contributed by atoms with Gasteiger partial charge in [-0.25, -0.2) is 0 Å². The standard InChI is InChI=1S/C25H21NO4/c27-22(30-24(17-7-2-1-3-8-17)25(28)26-19-11-12-19)14-18-15-29-21-13-10-16-6-4-5-9-20(16)23(18)21/h1-10,13,15,19,24H,11-12,14H2,(H,26,28)/t24-/m0/s1. The monoisotopic (exact) mass is 399 g/mol. The van der Waals surface area contributed by atoms with Crippen LogP contribution in [0.25, 0.3) is 21.7 Å². The summed E-state index contributed by atoms with van der Waals surface area (Å²) >= 11 is 0. The van der Waals surface area contributed by atoms with Crippen LogP contribution in [0.2, 0.25) is 0 Å². The summed E-state index contributed by atoms with van der Waals surface area (Å²) < 4.78 is 11.3. The quantitative estimate of drug-likeness (QED) is 0.478. The molecule has 1 aliphatic rings. The molecule has 4 aromatic rings. The molecule has 5 rings (SSSR count). The highest BCUT2D eigenvalue weighted by atomic mass is 16.5. The third-order valence-electron chi connectivity index (χ3n) is 5.39. The predicted molar refractivity (Wildman–Crippen MR) is 114 cm³/mol. The topological polar surface area (TPSA) is 68.5 Å². The molecule has 5 heteroatoms. The first-order valence-electron chi connectivity index (χ1n) is 10.1. The Morgan fingerprint density at radius 2 is 1.77 bits per heavy atom. The molecule has 1 aromatic heterocycles. The molecule has 0 saturated heterocycles. The number of benzene rings is 3. The van der Waals surface area contributed by atoms with E-state index < -0.39 is 12.1 Å². The van der Waals surface area contributed by atoms with E-state index >= 15 is 0 Å². The van der Waals surface area contributed by atoms with E-state index in [1.54, 1.807) is 18.4 Å². The lowest BCUT2D eigenvalue weighted by atomic mass is 10.0. The first-order chi connectivity index (χ1) is 14.7. The van der Waals surface area contributed by atoms with Crippen molar-refractivity contribution in [2.45, 2.75) is 31.4 Å². The lowest BCUT2D eigenvalue weighted by Crippen LogP contribution is -2.33. The molecule has 1 heterocycles. The molecule has 150 valence electrons. The number of fused-ring (bicyclic) bond motifs is 3. The van der Waals surface area contributed by atoms with Gasteiger partial charge in [0.2, 0.25) is 6.10 Å². The van der Waals surface area contributed by atoms with Crippen LogP contribution in [-0.2, 0) is 20.7 Å². The van der Waals surface area contributed by atoms with Gasteiger partial charge in [-0.15, -0.1) is 0 Å². The van der Waals surface area contributed by atoms with Gasteiger partial charge in [0.15, 0.2) is 0 Å². The number of carbonyl (C=O) groups is 2. The first kappa shape index (κ1) is 18.4. The molecule has 0 bridgehead atoms. The second kappa shape index (κ2) is 7.67. The maximum atomic E-state index is 12.8. The minimum absolute atomic E-state index is 0.0288. The highest BCUT2D eigenvalue weighted by molar-refractivity contribution is 6.08. The molecule has 1 amide bonds. The normalized spacial score (nSPS) is 14.5. The van der Waals surface area contributed by atoms with Crippen LogP contribution in [-0.4, -0.2) is 17.9 Å². The van der Waals surface area contributed by atoms with E-state index in [1.165, 1.54) is 0 Å². The SMILES string of the molecule is O=C(Cc1coc2ccc3ccccc3c12)O[C@H](C(=O)NC1CC1)c1ccccc1. The van der Waals surface area contributed by atoms with E-state index in [4.69, 9.17) is 9.15 Å². The van der Waals surface area contributed by atoms with Crippen LogP contribution in [0.3, 0.4) is 0 Å². The summed E-state index contributed by atoms with van der Waals surface area (Å²) in [5.74, 6) is -0.745. The molecule has 0 unspecified atom stereocenters. The maximum Gasteiger partial charge on any atom is 0.311 e. The summed E-state index contributed by atoms with van der Waals surface area (Å²) in [4.78, 5) is 25.5. The van der Waals surface area contributed by atoms with Crippen molar-refractivity contribution in [1.82, 2.24) is 5.32 Å². The van der Waals surface area contributed by atoms with Gasteiger partial charge >= 0.3 is 5.97 Å². The fraction of sp³-hybridized carbons (Fsp3) is 0.200. The number of amides is 1. The number of carbonyl (C=O) groups excluding carboxylic acids is 2. The molecule has 1 fully saturated rings. The van der Waals surface area contributed by atoms with Crippen LogP contribution in [0.4, 0.5) is 0 Å². The largest absolute Gasteiger partial charge is 0.464 e. The Hall–Kier alpha value is -3.60. The van der Waals surface area contributed by atoms with Crippen molar-refractivity contribution in [1.29, 1.82) is 0 Å². The second-order valence-corrected chi connectivity index (χ2v) is 7.66. The van der Waals surface area contributed by atoms with Gasteiger partial charge in [0.25, 0.3) is 5.91 Å². The Balaban J connectivity index is 1.41. The van der Waals surface area contributed by atoms with Gasteiger partial charge in [0.1, 0.15) is 5.58 Å². The minimum atomic E-state index is -0.964. The predicted octanol–water partition coefficient (Wildman–Crippen LogP) is 4.69. The Kier molecular flexibility index (Phi) is 4.71. The summed E-state index contributed by atoms with van der Waals surface area (Å²) in [6.07, 6.45) is 2.60. The molecule has 1 N–H and O–H groups in total. The lowest BCUT2D eigenvalue weighted by Gasteiger charge is -2.18. The van der Waals surface area contributed by atoms with E-state index in [1.807, 2.05) is 54.6 Å². The maximum absolute atomic E-state index is 12.8. The Morgan fingerprint density at radius 1 is 1.00 bits per heavy atom. The molecule has 1 saturated carbocycles. The molecule has 0 aliphatic heterocycles. The summed E-state index contributed by atoms with van der Waals surface area (Å²) in [6, 6.07) is 21.2. The fourth-order valence-electron chi connectivity index (χ4n) is 3.74. The Bertz CT molecular complexity index is 1220. The molecule has 0 radical (unpaired) electrons. The molecule has 30 heavy (non-hydrogen) atoms. The zero-order valence-corrected chi connectivity index (χ0v) is 16.3. The second-order valence-electron chi connectivity index (χ2n) is 7.66. The van der Waals surface area contributed by atoms with E-state index in [0.29, 0.717) is 5.56 Å². The van der Waals surface area contributed by atoms with Gasteiger partial charge in [0, 0.05) is 22.6 Å². The van der Waals surface area contributed by atoms with Crippen molar-refractivity contribution >= 4 is 33.6 Å². The summed E-state index contributed by atoms with van der Waals surface area (Å²) in [5, 5.41) is 5.94. The zero-order chi connectivity index (χ0) is 20.5. The number of nitrogens with one attached hydrogen (secondary N) is 1. The van der Waals surface area contributed by atoms with Crippen molar-refractivity contribution in [2.24, 2.45) is 0 Å². The van der Waals surface area contributed by atoms with Gasteiger partial charge < -0.3 is 14.5 Å². The molecule has 3 aromatic carbocycles. The molecule has 1 atom stereocenters. The van der Waals surface area contributed by atoms with Crippen molar-refractivity contribution in [3.05, 3.63) is 84.1 Å². The zero-order valence-electron chi connectivity index (χ0n) is 16.3. The van der Waals surface area contributed by atoms with Crippen LogP contribution < -0.4 is 5.32 Å². The van der Waals surface area contributed by atoms with Gasteiger partial charge in [-0.2, -0.15) is 0 Å². The van der Waals surface area contributed by atoms with Crippen LogP contribution in [0.5, 0.6) is 0 Å². The molecular weight excluding hydrogens is 378 g/mol. The average molecular weight is 399 g/mol.